The highest BCUT2D eigenvalue weighted by atomic mass is 35.5. The topological polar surface area (TPSA) is 49.3 Å². The van der Waals surface area contributed by atoms with Crippen LogP contribution in [0.15, 0.2) is 36.2 Å². The van der Waals surface area contributed by atoms with Crippen LogP contribution in [0.5, 0.6) is 0 Å². The lowest BCUT2D eigenvalue weighted by molar-refractivity contribution is -0.132. The summed E-state index contributed by atoms with van der Waals surface area (Å²) >= 11 is 0. The number of hydrogen-bond acceptors (Lipinski definition) is 2. The molecule has 0 radical (unpaired) electrons. The van der Waals surface area contributed by atoms with Crippen LogP contribution >= 0.6 is 12.4 Å². The van der Waals surface area contributed by atoms with Gasteiger partial charge in [0, 0.05) is 6.20 Å². The van der Waals surface area contributed by atoms with Crippen LogP contribution in [0.4, 0.5) is 0 Å². The summed E-state index contributed by atoms with van der Waals surface area (Å²) in [5.41, 5.74) is 0.185. The number of aliphatic carboxylic acids is 1. The van der Waals surface area contributed by atoms with Gasteiger partial charge in [-0.15, -0.1) is 12.4 Å². The van der Waals surface area contributed by atoms with Gasteiger partial charge in [0.2, 0.25) is 0 Å². The predicted molar refractivity (Wildman–Crippen MR) is 44.4 cm³/mol. The van der Waals surface area contributed by atoms with Crippen LogP contribution in [-0.4, -0.2) is 11.1 Å². The van der Waals surface area contributed by atoms with Gasteiger partial charge < -0.3 is 10.4 Å². The standard InChI is InChI=1S/C7H7NO2.ClH/c9-7(10)6-4-2-1-3-5-8-6;/h1-5,8H,(H,9,10);1H. The number of hydrogen-bond donors (Lipinski definition) is 2. The molecule has 0 aromatic heterocycles. The number of carbonyl (C=O) groups is 1. The summed E-state index contributed by atoms with van der Waals surface area (Å²) in [5.74, 6) is -0.948. The summed E-state index contributed by atoms with van der Waals surface area (Å²) in [4.78, 5) is 10.3. The van der Waals surface area contributed by atoms with E-state index >= 15 is 0 Å². The molecule has 0 amide bonds. The van der Waals surface area contributed by atoms with Crippen LogP contribution in [0, 0.1) is 0 Å². The molecule has 2 N–H and O–H groups in total. The van der Waals surface area contributed by atoms with E-state index in [1.165, 1.54) is 6.08 Å². The van der Waals surface area contributed by atoms with Crippen LogP contribution in [0.1, 0.15) is 0 Å². The Labute approximate surface area is 70.5 Å². The third-order valence-corrected chi connectivity index (χ3v) is 1.05. The SMILES string of the molecule is Cl.O=C(O)C1=CC=CC=CN1. The van der Waals surface area contributed by atoms with E-state index in [0.29, 0.717) is 0 Å². The lowest BCUT2D eigenvalue weighted by Crippen LogP contribution is -2.13. The number of carboxylic acid groups (broad SMARTS) is 1. The van der Waals surface area contributed by atoms with Gasteiger partial charge in [0.1, 0.15) is 5.70 Å². The molecule has 4 heteroatoms. The molecule has 1 heterocycles. The smallest absolute Gasteiger partial charge is 0.352 e. The molecule has 0 unspecified atom stereocenters. The monoisotopic (exact) mass is 173 g/mol. The molecule has 0 fully saturated rings. The summed E-state index contributed by atoms with van der Waals surface area (Å²) in [6.45, 7) is 0. The van der Waals surface area contributed by atoms with Crippen LogP contribution in [0.3, 0.4) is 0 Å². The van der Waals surface area contributed by atoms with E-state index in [-0.39, 0.29) is 18.1 Å². The van der Waals surface area contributed by atoms with Crippen molar-refractivity contribution in [2.45, 2.75) is 0 Å². The highest BCUT2D eigenvalue weighted by Gasteiger charge is 2.02. The van der Waals surface area contributed by atoms with Crippen LogP contribution in [0.25, 0.3) is 0 Å². The van der Waals surface area contributed by atoms with Crippen LogP contribution in [0.2, 0.25) is 0 Å². The van der Waals surface area contributed by atoms with Crippen LogP contribution < -0.4 is 5.32 Å². The molecule has 0 aromatic rings. The molecular formula is C7H8ClNO2. The molecule has 0 bridgehead atoms. The Kier molecular flexibility index (Phi) is 4.07. The molecule has 0 saturated carbocycles. The highest BCUT2D eigenvalue weighted by molar-refractivity contribution is 5.86. The molecule has 3 nitrogen and oxygen atoms in total. The molecule has 1 rings (SSSR count). The third kappa shape index (κ3) is 2.91. The summed E-state index contributed by atoms with van der Waals surface area (Å²) in [7, 11) is 0. The van der Waals surface area contributed by atoms with Crippen LogP contribution in [-0.2, 0) is 4.79 Å². The molecule has 0 aliphatic carbocycles. The zero-order valence-electron chi connectivity index (χ0n) is 5.65. The van der Waals surface area contributed by atoms with Gasteiger partial charge in [0.15, 0.2) is 0 Å². The Bertz CT molecular complexity index is 231. The molecule has 60 valence electrons. The fourth-order valence-corrected chi connectivity index (χ4v) is 0.591. The number of allylic oxidation sites excluding steroid dienone is 4. The summed E-state index contributed by atoms with van der Waals surface area (Å²) in [6.07, 6.45) is 8.22. The number of rotatable bonds is 1. The fraction of sp³-hybridized carbons (Fsp3) is 0. The summed E-state index contributed by atoms with van der Waals surface area (Å²) in [5, 5.41) is 11.1. The molecule has 0 saturated heterocycles. The molecule has 0 atom stereocenters. The predicted octanol–water partition coefficient (Wildman–Crippen LogP) is 1.05. The van der Waals surface area contributed by atoms with Crippen molar-refractivity contribution in [1.29, 1.82) is 0 Å². The average Bonchev–Trinajstić information content (AvgIpc) is 2.12. The van der Waals surface area contributed by atoms with Gasteiger partial charge in [-0.05, 0) is 12.2 Å². The van der Waals surface area contributed by atoms with Gasteiger partial charge >= 0.3 is 5.97 Å². The van der Waals surface area contributed by atoms with E-state index in [2.05, 4.69) is 5.32 Å². The second-order valence-corrected chi connectivity index (χ2v) is 1.77. The van der Waals surface area contributed by atoms with Crippen molar-refractivity contribution in [3.8, 4) is 0 Å². The molecule has 1 aliphatic heterocycles. The Morgan fingerprint density at radius 3 is 2.73 bits per heavy atom. The Morgan fingerprint density at radius 1 is 1.36 bits per heavy atom. The third-order valence-electron chi connectivity index (χ3n) is 1.05. The van der Waals surface area contributed by atoms with Gasteiger partial charge in [-0.2, -0.15) is 0 Å². The Hall–Kier alpha value is -1.22. The van der Waals surface area contributed by atoms with Gasteiger partial charge in [-0.1, -0.05) is 12.2 Å². The van der Waals surface area contributed by atoms with Crippen molar-refractivity contribution >= 4 is 18.4 Å². The van der Waals surface area contributed by atoms with Crippen molar-refractivity contribution in [3.05, 3.63) is 36.2 Å². The van der Waals surface area contributed by atoms with E-state index in [4.69, 9.17) is 5.11 Å². The normalized spacial score (nSPS) is 14.0. The highest BCUT2D eigenvalue weighted by Crippen LogP contribution is 1.94. The van der Waals surface area contributed by atoms with Crippen molar-refractivity contribution in [3.63, 3.8) is 0 Å². The lowest BCUT2D eigenvalue weighted by Gasteiger charge is -1.96. The minimum Gasteiger partial charge on any atom is -0.477 e. The second kappa shape index (κ2) is 4.57. The molecule has 1 aliphatic rings. The Balaban J connectivity index is 0.000001000. The maximum absolute atomic E-state index is 10.3. The quantitative estimate of drug-likeness (QED) is 0.623. The van der Waals surface area contributed by atoms with Crippen molar-refractivity contribution in [2.24, 2.45) is 0 Å². The van der Waals surface area contributed by atoms with E-state index < -0.39 is 5.97 Å². The average molecular weight is 174 g/mol. The number of carboxylic acids is 1. The first kappa shape index (κ1) is 9.78. The van der Waals surface area contributed by atoms with E-state index in [0.717, 1.165) is 0 Å². The zero-order chi connectivity index (χ0) is 7.40. The minimum atomic E-state index is -0.948. The van der Waals surface area contributed by atoms with E-state index in [1.807, 2.05) is 0 Å². The number of nitrogens with one attached hydrogen (secondary N) is 1. The van der Waals surface area contributed by atoms with E-state index in [1.54, 1.807) is 24.4 Å². The second-order valence-electron chi connectivity index (χ2n) is 1.77. The number of halogens is 1. The summed E-state index contributed by atoms with van der Waals surface area (Å²) in [6, 6.07) is 0. The Morgan fingerprint density at radius 2 is 2.09 bits per heavy atom. The zero-order valence-corrected chi connectivity index (χ0v) is 6.47. The van der Waals surface area contributed by atoms with E-state index in [9.17, 15) is 4.79 Å². The maximum Gasteiger partial charge on any atom is 0.352 e. The minimum absolute atomic E-state index is 0. The first-order chi connectivity index (χ1) is 4.80. The maximum atomic E-state index is 10.3. The first-order valence-corrected chi connectivity index (χ1v) is 2.84. The molecule has 0 spiro atoms. The fourth-order valence-electron chi connectivity index (χ4n) is 0.591. The van der Waals surface area contributed by atoms with Crippen molar-refractivity contribution < 1.29 is 9.90 Å². The van der Waals surface area contributed by atoms with Crippen molar-refractivity contribution in [2.75, 3.05) is 0 Å². The largest absolute Gasteiger partial charge is 0.477 e. The molecule has 11 heavy (non-hydrogen) atoms. The molecular weight excluding hydrogens is 166 g/mol. The van der Waals surface area contributed by atoms with Gasteiger partial charge in [0.05, 0.1) is 0 Å². The lowest BCUT2D eigenvalue weighted by atomic mass is 10.4. The van der Waals surface area contributed by atoms with Crippen molar-refractivity contribution in [1.82, 2.24) is 5.32 Å². The van der Waals surface area contributed by atoms with Gasteiger partial charge in [-0.3, -0.25) is 0 Å². The van der Waals surface area contributed by atoms with Gasteiger partial charge in [0.25, 0.3) is 0 Å². The van der Waals surface area contributed by atoms with Gasteiger partial charge in [-0.25, -0.2) is 4.79 Å². The summed E-state index contributed by atoms with van der Waals surface area (Å²) < 4.78 is 0. The first-order valence-electron chi connectivity index (χ1n) is 2.84. The molecule has 0 aromatic carbocycles.